The highest BCUT2D eigenvalue weighted by molar-refractivity contribution is 9.10. The van der Waals surface area contributed by atoms with Gasteiger partial charge in [-0.3, -0.25) is 9.80 Å². The Kier molecular flexibility index (Phi) is 5.68. The van der Waals surface area contributed by atoms with Crippen molar-refractivity contribution >= 4 is 15.9 Å². The van der Waals surface area contributed by atoms with Crippen molar-refractivity contribution in [3.8, 4) is 5.75 Å². The van der Waals surface area contributed by atoms with Gasteiger partial charge in [-0.2, -0.15) is 0 Å². The Morgan fingerprint density at radius 3 is 2.68 bits per heavy atom. The summed E-state index contributed by atoms with van der Waals surface area (Å²) in [6.07, 6.45) is 9.96. The third-order valence-corrected chi connectivity index (χ3v) is 7.15. The van der Waals surface area contributed by atoms with Crippen LogP contribution in [0.25, 0.3) is 0 Å². The van der Waals surface area contributed by atoms with Gasteiger partial charge in [0.05, 0.1) is 7.11 Å². The van der Waals surface area contributed by atoms with E-state index in [-0.39, 0.29) is 0 Å². The lowest BCUT2D eigenvalue weighted by atomic mass is 9.78. The van der Waals surface area contributed by atoms with E-state index < -0.39 is 0 Å². The Hall–Kier alpha value is -0.580. The van der Waals surface area contributed by atoms with Gasteiger partial charge in [0.25, 0.3) is 0 Å². The molecular formula is C21H31BrN2O. The van der Waals surface area contributed by atoms with Crippen LogP contribution in [0.2, 0.25) is 0 Å². The smallest absolute Gasteiger partial charge is 0.123 e. The van der Waals surface area contributed by atoms with Crippen molar-refractivity contribution in [2.24, 2.45) is 5.92 Å². The first-order chi connectivity index (χ1) is 12.3. The van der Waals surface area contributed by atoms with Crippen molar-refractivity contribution in [1.82, 2.24) is 9.80 Å². The molecule has 1 aromatic rings. The van der Waals surface area contributed by atoms with Crippen LogP contribution in [0.15, 0.2) is 22.7 Å². The molecular weight excluding hydrogens is 376 g/mol. The molecule has 3 nitrogen and oxygen atoms in total. The predicted molar refractivity (Wildman–Crippen MR) is 106 cm³/mol. The highest BCUT2D eigenvalue weighted by Crippen LogP contribution is 2.38. The first-order valence-corrected chi connectivity index (χ1v) is 10.9. The largest absolute Gasteiger partial charge is 0.496 e. The number of halogens is 1. The van der Waals surface area contributed by atoms with E-state index in [0.29, 0.717) is 0 Å². The standard InChI is InChI=1S/C21H31BrN2O/c1-25-20-10-9-18(22)14-17(20)15-24-13-12-23-11-5-8-19(23)21(24)16-6-3-2-4-7-16/h9-10,14,16,19,21H,2-8,11-13,15H2,1H3/t19-,21-/m0/s1. The first-order valence-electron chi connectivity index (χ1n) is 10.1. The quantitative estimate of drug-likeness (QED) is 0.721. The van der Waals surface area contributed by atoms with Gasteiger partial charge in [-0.1, -0.05) is 35.2 Å². The number of methoxy groups -OCH3 is 1. The Morgan fingerprint density at radius 1 is 1.04 bits per heavy atom. The number of piperazine rings is 1. The van der Waals surface area contributed by atoms with E-state index in [4.69, 9.17) is 4.74 Å². The van der Waals surface area contributed by atoms with E-state index >= 15 is 0 Å². The molecule has 25 heavy (non-hydrogen) atoms. The molecule has 4 heteroatoms. The Labute approximate surface area is 160 Å². The molecule has 0 unspecified atom stereocenters. The highest BCUT2D eigenvalue weighted by Gasteiger charge is 2.43. The van der Waals surface area contributed by atoms with Crippen LogP contribution < -0.4 is 4.74 Å². The number of fused-ring (bicyclic) bond motifs is 1. The maximum Gasteiger partial charge on any atom is 0.123 e. The minimum Gasteiger partial charge on any atom is -0.496 e. The lowest BCUT2D eigenvalue weighted by Gasteiger charge is -2.49. The van der Waals surface area contributed by atoms with E-state index in [2.05, 4.69) is 43.9 Å². The molecule has 1 aliphatic carbocycles. The monoisotopic (exact) mass is 406 g/mol. The van der Waals surface area contributed by atoms with Gasteiger partial charge >= 0.3 is 0 Å². The second-order valence-corrected chi connectivity index (χ2v) is 8.98. The van der Waals surface area contributed by atoms with Crippen molar-refractivity contribution in [2.45, 2.75) is 63.6 Å². The zero-order chi connectivity index (χ0) is 17.2. The van der Waals surface area contributed by atoms with Crippen molar-refractivity contribution in [1.29, 1.82) is 0 Å². The van der Waals surface area contributed by atoms with Gasteiger partial charge in [0, 0.05) is 41.8 Å². The number of ether oxygens (including phenoxy) is 1. The summed E-state index contributed by atoms with van der Waals surface area (Å²) >= 11 is 3.64. The van der Waals surface area contributed by atoms with Gasteiger partial charge in [-0.05, 0) is 56.3 Å². The zero-order valence-corrected chi connectivity index (χ0v) is 17.0. The molecule has 0 spiro atoms. The van der Waals surface area contributed by atoms with Crippen molar-refractivity contribution in [3.63, 3.8) is 0 Å². The topological polar surface area (TPSA) is 15.7 Å². The van der Waals surface area contributed by atoms with Gasteiger partial charge in [0.15, 0.2) is 0 Å². The molecule has 3 fully saturated rings. The molecule has 0 radical (unpaired) electrons. The van der Waals surface area contributed by atoms with Crippen LogP contribution in [0, 0.1) is 5.92 Å². The third kappa shape index (κ3) is 3.77. The van der Waals surface area contributed by atoms with Crippen molar-refractivity contribution in [2.75, 3.05) is 26.7 Å². The number of benzene rings is 1. The SMILES string of the molecule is COc1ccc(Br)cc1CN1CCN2CCC[C@H]2[C@@H]1C1CCCCC1. The summed E-state index contributed by atoms with van der Waals surface area (Å²) < 4.78 is 6.80. The summed E-state index contributed by atoms with van der Waals surface area (Å²) in [5.41, 5.74) is 1.32. The van der Waals surface area contributed by atoms with Crippen LogP contribution in [0.1, 0.15) is 50.5 Å². The molecule has 2 heterocycles. The Bertz CT molecular complexity index is 587. The summed E-state index contributed by atoms with van der Waals surface area (Å²) in [6.45, 7) is 4.79. The predicted octanol–water partition coefficient (Wildman–Crippen LogP) is 4.69. The van der Waals surface area contributed by atoms with Crippen LogP contribution >= 0.6 is 15.9 Å². The number of nitrogens with zero attached hydrogens (tertiary/aromatic N) is 2. The van der Waals surface area contributed by atoms with E-state index in [9.17, 15) is 0 Å². The fourth-order valence-electron chi connectivity index (χ4n) is 5.53. The van der Waals surface area contributed by atoms with Crippen LogP contribution in [0.3, 0.4) is 0 Å². The van der Waals surface area contributed by atoms with E-state index in [1.165, 1.54) is 70.1 Å². The molecule has 4 rings (SSSR count). The molecule has 138 valence electrons. The molecule has 0 bridgehead atoms. The van der Waals surface area contributed by atoms with Crippen LogP contribution in [-0.2, 0) is 6.54 Å². The minimum absolute atomic E-state index is 0.736. The van der Waals surface area contributed by atoms with Crippen molar-refractivity contribution < 1.29 is 4.74 Å². The van der Waals surface area contributed by atoms with Crippen LogP contribution in [0.4, 0.5) is 0 Å². The third-order valence-electron chi connectivity index (χ3n) is 6.65. The second-order valence-electron chi connectivity index (χ2n) is 8.06. The normalized spacial score (nSPS) is 28.9. The van der Waals surface area contributed by atoms with Gasteiger partial charge in [0.2, 0.25) is 0 Å². The van der Waals surface area contributed by atoms with E-state index in [0.717, 1.165) is 34.8 Å². The van der Waals surface area contributed by atoms with Gasteiger partial charge in [0.1, 0.15) is 5.75 Å². The Morgan fingerprint density at radius 2 is 1.88 bits per heavy atom. The van der Waals surface area contributed by atoms with Crippen LogP contribution in [-0.4, -0.2) is 48.6 Å². The first kappa shape index (κ1) is 17.8. The van der Waals surface area contributed by atoms with Gasteiger partial charge in [-0.25, -0.2) is 0 Å². The number of hydrogen-bond donors (Lipinski definition) is 0. The summed E-state index contributed by atoms with van der Waals surface area (Å²) in [6, 6.07) is 7.95. The van der Waals surface area contributed by atoms with Gasteiger partial charge in [-0.15, -0.1) is 0 Å². The average Bonchev–Trinajstić information content (AvgIpc) is 3.11. The average molecular weight is 407 g/mol. The molecule has 0 N–H and O–H groups in total. The van der Waals surface area contributed by atoms with E-state index in [1.54, 1.807) is 7.11 Å². The van der Waals surface area contributed by atoms with E-state index in [1.807, 2.05) is 0 Å². The fraction of sp³-hybridized carbons (Fsp3) is 0.714. The second kappa shape index (κ2) is 7.98. The Balaban J connectivity index is 1.58. The van der Waals surface area contributed by atoms with Crippen molar-refractivity contribution in [3.05, 3.63) is 28.2 Å². The minimum atomic E-state index is 0.736. The van der Waals surface area contributed by atoms with Crippen LogP contribution in [0.5, 0.6) is 5.75 Å². The zero-order valence-electron chi connectivity index (χ0n) is 15.4. The summed E-state index contributed by atoms with van der Waals surface area (Å²) in [7, 11) is 1.79. The lowest BCUT2D eigenvalue weighted by Crippen LogP contribution is -2.59. The molecule has 2 aliphatic heterocycles. The number of hydrogen-bond acceptors (Lipinski definition) is 3. The fourth-order valence-corrected chi connectivity index (χ4v) is 5.94. The lowest BCUT2D eigenvalue weighted by molar-refractivity contribution is -0.00412. The molecule has 2 atom stereocenters. The number of rotatable bonds is 4. The maximum atomic E-state index is 5.65. The molecule has 1 saturated carbocycles. The van der Waals surface area contributed by atoms with Gasteiger partial charge < -0.3 is 4.74 Å². The highest BCUT2D eigenvalue weighted by atomic mass is 79.9. The summed E-state index contributed by atoms with van der Waals surface area (Å²) in [5, 5.41) is 0. The molecule has 2 saturated heterocycles. The molecule has 3 aliphatic rings. The molecule has 0 amide bonds. The summed E-state index contributed by atoms with van der Waals surface area (Å²) in [5.74, 6) is 1.91. The molecule has 0 aromatic heterocycles. The summed E-state index contributed by atoms with van der Waals surface area (Å²) in [4.78, 5) is 5.58. The maximum absolute atomic E-state index is 5.65. The molecule has 1 aromatic carbocycles.